The third kappa shape index (κ3) is 5.10. The molecule has 0 aliphatic heterocycles. The fourth-order valence-corrected chi connectivity index (χ4v) is 2.11. The number of hydrogen-bond donors (Lipinski definition) is 3. The molecule has 0 unspecified atom stereocenters. The molecule has 1 atom stereocenters. The van der Waals surface area contributed by atoms with E-state index in [0.717, 1.165) is 5.56 Å². The van der Waals surface area contributed by atoms with E-state index in [1.54, 1.807) is 0 Å². The molecular formula is C16H24N2O3. The van der Waals surface area contributed by atoms with Gasteiger partial charge in [0.05, 0.1) is 0 Å². The molecule has 0 saturated heterocycles. The Kier molecular flexibility index (Phi) is 5.76. The van der Waals surface area contributed by atoms with Gasteiger partial charge in [0.1, 0.15) is 6.04 Å². The van der Waals surface area contributed by atoms with Gasteiger partial charge in [0.2, 0.25) is 0 Å². The van der Waals surface area contributed by atoms with E-state index in [1.807, 2.05) is 31.2 Å². The van der Waals surface area contributed by atoms with Crippen molar-refractivity contribution in [1.82, 2.24) is 5.32 Å². The highest BCUT2D eigenvalue weighted by molar-refractivity contribution is 5.93. The van der Waals surface area contributed by atoms with Gasteiger partial charge in [-0.3, -0.25) is 0 Å². The summed E-state index contributed by atoms with van der Waals surface area (Å²) in [6.45, 7) is 8.05. The zero-order chi connectivity index (χ0) is 16.0. The Hall–Kier alpha value is -2.04. The Labute approximate surface area is 125 Å². The summed E-state index contributed by atoms with van der Waals surface area (Å²) < 4.78 is 0. The maximum absolute atomic E-state index is 12.0. The van der Waals surface area contributed by atoms with Crippen molar-refractivity contribution in [2.45, 2.75) is 52.0 Å². The molecule has 0 spiro atoms. The number of rotatable bonds is 5. The number of carboxylic acids is 1. The minimum atomic E-state index is -1.02. The Balaban J connectivity index is 2.82. The highest BCUT2D eigenvalue weighted by Crippen LogP contribution is 2.29. The molecule has 0 aromatic heterocycles. The van der Waals surface area contributed by atoms with Crippen molar-refractivity contribution in [3.63, 3.8) is 0 Å². The first-order valence-electron chi connectivity index (χ1n) is 7.15. The molecule has 1 aromatic rings. The average molecular weight is 292 g/mol. The van der Waals surface area contributed by atoms with Gasteiger partial charge < -0.3 is 15.7 Å². The van der Waals surface area contributed by atoms with E-state index >= 15 is 0 Å². The molecule has 1 rings (SSSR count). The molecule has 0 saturated carbocycles. The lowest BCUT2D eigenvalue weighted by molar-refractivity contribution is -0.139. The standard InChI is InChI=1S/C16H24N2O3/c1-5-8-13(14(19)20)18-15(21)17-12-10-7-6-9-11(12)16(2,3)4/h6-7,9-10,13H,5,8H2,1-4H3,(H,19,20)(H2,17,18,21)/t13-/m1/s1. The number of para-hydroxylation sites is 1. The Morgan fingerprint density at radius 3 is 2.38 bits per heavy atom. The topological polar surface area (TPSA) is 78.4 Å². The summed E-state index contributed by atoms with van der Waals surface area (Å²) in [6.07, 6.45) is 1.10. The number of anilines is 1. The number of aliphatic carboxylic acids is 1. The maximum Gasteiger partial charge on any atom is 0.326 e. The van der Waals surface area contributed by atoms with Crippen molar-refractivity contribution in [2.24, 2.45) is 0 Å². The highest BCUT2D eigenvalue weighted by atomic mass is 16.4. The molecule has 5 heteroatoms. The van der Waals surface area contributed by atoms with E-state index in [-0.39, 0.29) is 5.41 Å². The van der Waals surface area contributed by atoms with Gasteiger partial charge in [-0.25, -0.2) is 9.59 Å². The van der Waals surface area contributed by atoms with Gasteiger partial charge >= 0.3 is 12.0 Å². The molecular weight excluding hydrogens is 268 g/mol. The molecule has 116 valence electrons. The minimum absolute atomic E-state index is 0.112. The van der Waals surface area contributed by atoms with E-state index in [9.17, 15) is 9.59 Å². The van der Waals surface area contributed by atoms with Gasteiger partial charge in [0, 0.05) is 5.69 Å². The van der Waals surface area contributed by atoms with Gasteiger partial charge in [-0.1, -0.05) is 52.3 Å². The Morgan fingerprint density at radius 1 is 1.24 bits per heavy atom. The normalized spacial score (nSPS) is 12.6. The van der Waals surface area contributed by atoms with Crippen molar-refractivity contribution in [3.8, 4) is 0 Å². The summed E-state index contributed by atoms with van der Waals surface area (Å²) >= 11 is 0. The number of nitrogens with one attached hydrogen (secondary N) is 2. The smallest absolute Gasteiger partial charge is 0.326 e. The molecule has 2 amide bonds. The number of hydrogen-bond acceptors (Lipinski definition) is 2. The fourth-order valence-electron chi connectivity index (χ4n) is 2.11. The van der Waals surface area contributed by atoms with Crippen molar-refractivity contribution < 1.29 is 14.7 Å². The quantitative estimate of drug-likeness (QED) is 0.778. The third-order valence-electron chi connectivity index (χ3n) is 3.16. The molecule has 21 heavy (non-hydrogen) atoms. The molecule has 0 bridgehead atoms. The first-order valence-corrected chi connectivity index (χ1v) is 7.15. The summed E-state index contributed by atoms with van der Waals surface area (Å²) in [4.78, 5) is 23.1. The van der Waals surface area contributed by atoms with Gasteiger partial charge in [0.25, 0.3) is 0 Å². The average Bonchev–Trinajstić information content (AvgIpc) is 2.37. The van der Waals surface area contributed by atoms with Crippen LogP contribution in [-0.4, -0.2) is 23.1 Å². The predicted octanol–water partition coefficient (Wildman–Crippen LogP) is 3.36. The van der Waals surface area contributed by atoms with Gasteiger partial charge in [-0.05, 0) is 23.5 Å². The lowest BCUT2D eigenvalue weighted by Gasteiger charge is -2.23. The van der Waals surface area contributed by atoms with Crippen molar-refractivity contribution >= 4 is 17.7 Å². The van der Waals surface area contributed by atoms with Crippen LogP contribution in [0.15, 0.2) is 24.3 Å². The SMILES string of the molecule is CCC[C@@H](NC(=O)Nc1ccccc1C(C)(C)C)C(=O)O. The number of carbonyl (C=O) groups is 2. The van der Waals surface area contributed by atoms with Crippen molar-refractivity contribution in [3.05, 3.63) is 29.8 Å². The van der Waals surface area contributed by atoms with Crippen LogP contribution in [0.3, 0.4) is 0 Å². The number of urea groups is 1. The lowest BCUT2D eigenvalue weighted by Crippen LogP contribution is -2.43. The molecule has 5 nitrogen and oxygen atoms in total. The largest absolute Gasteiger partial charge is 0.480 e. The maximum atomic E-state index is 12.0. The van der Waals surface area contributed by atoms with E-state index in [4.69, 9.17) is 5.11 Å². The molecule has 0 heterocycles. The summed E-state index contributed by atoms with van der Waals surface area (Å²) in [5, 5.41) is 14.3. The monoisotopic (exact) mass is 292 g/mol. The second kappa shape index (κ2) is 7.11. The van der Waals surface area contributed by atoms with Crippen LogP contribution in [0.5, 0.6) is 0 Å². The van der Waals surface area contributed by atoms with Crippen LogP contribution >= 0.6 is 0 Å². The fraction of sp³-hybridized carbons (Fsp3) is 0.500. The second-order valence-electron chi connectivity index (χ2n) is 6.07. The summed E-state index contributed by atoms with van der Waals surface area (Å²) in [6, 6.07) is 6.17. The van der Waals surface area contributed by atoms with E-state index in [2.05, 4.69) is 31.4 Å². The van der Waals surface area contributed by atoms with Crippen LogP contribution in [0.1, 0.15) is 46.1 Å². The highest BCUT2D eigenvalue weighted by Gasteiger charge is 2.21. The van der Waals surface area contributed by atoms with Crippen molar-refractivity contribution in [1.29, 1.82) is 0 Å². The van der Waals surface area contributed by atoms with Crippen molar-refractivity contribution in [2.75, 3.05) is 5.32 Å². The van der Waals surface area contributed by atoms with Gasteiger partial charge in [-0.15, -0.1) is 0 Å². The zero-order valence-corrected chi connectivity index (χ0v) is 13.1. The second-order valence-corrected chi connectivity index (χ2v) is 6.07. The van der Waals surface area contributed by atoms with E-state index in [0.29, 0.717) is 18.5 Å². The van der Waals surface area contributed by atoms with Gasteiger partial charge in [-0.2, -0.15) is 0 Å². The van der Waals surface area contributed by atoms with Crippen LogP contribution < -0.4 is 10.6 Å². The number of amides is 2. The molecule has 0 aliphatic carbocycles. The van der Waals surface area contributed by atoms with Crippen LogP contribution in [0.25, 0.3) is 0 Å². The van der Waals surface area contributed by atoms with Gasteiger partial charge in [0.15, 0.2) is 0 Å². The Bertz CT molecular complexity index is 506. The lowest BCUT2D eigenvalue weighted by atomic mass is 9.86. The summed E-state index contributed by atoms with van der Waals surface area (Å²) in [7, 11) is 0. The zero-order valence-electron chi connectivity index (χ0n) is 13.1. The third-order valence-corrected chi connectivity index (χ3v) is 3.16. The minimum Gasteiger partial charge on any atom is -0.480 e. The van der Waals surface area contributed by atoms with Crippen LogP contribution in [0.2, 0.25) is 0 Å². The molecule has 0 fully saturated rings. The first kappa shape index (κ1) is 17.0. The summed E-state index contributed by atoms with van der Waals surface area (Å²) in [5.41, 5.74) is 1.59. The molecule has 0 aliphatic rings. The molecule has 3 N–H and O–H groups in total. The van der Waals surface area contributed by atoms with Crippen LogP contribution in [0, 0.1) is 0 Å². The summed E-state index contributed by atoms with van der Waals surface area (Å²) in [5.74, 6) is -1.02. The van der Waals surface area contributed by atoms with Crippen LogP contribution in [0.4, 0.5) is 10.5 Å². The van der Waals surface area contributed by atoms with E-state index in [1.165, 1.54) is 0 Å². The number of carbonyl (C=O) groups excluding carboxylic acids is 1. The Morgan fingerprint density at radius 2 is 1.86 bits per heavy atom. The number of carboxylic acid groups (broad SMARTS) is 1. The first-order chi connectivity index (χ1) is 9.75. The van der Waals surface area contributed by atoms with Crippen LogP contribution in [-0.2, 0) is 10.2 Å². The molecule has 0 radical (unpaired) electrons. The molecule has 1 aromatic carbocycles. The predicted molar refractivity (Wildman–Crippen MR) is 83.6 cm³/mol. The number of benzene rings is 1. The van der Waals surface area contributed by atoms with E-state index < -0.39 is 18.0 Å².